The Kier molecular flexibility index (Phi) is 9.61. The largest absolute Gasteiger partial charge is 0.507 e. The summed E-state index contributed by atoms with van der Waals surface area (Å²) >= 11 is 3.40. The second-order valence-electron chi connectivity index (χ2n) is 7.18. The maximum Gasteiger partial charge on any atom is 0.122 e. The fraction of sp³-hybridized carbons (Fsp3) is 0.333. The van der Waals surface area contributed by atoms with Crippen LogP contribution in [0.25, 0.3) is 6.08 Å². The highest BCUT2D eigenvalue weighted by molar-refractivity contribution is 9.10. The van der Waals surface area contributed by atoms with Gasteiger partial charge in [-0.25, -0.2) is 0 Å². The van der Waals surface area contributed by atoms with E-state index in [1.807, 2.05) is 49.4 Å². The summed E-state index contributed by atoms with van der Waals surface area (Å²) in [7, 11) is 0. The summed E-state index contributed by atoms with van der Waals surface area (Å²) in [6.07, 6.45) is 3.03. The summed E-state index contributed by atoms with van der Waals surface area (Å²) in [5, 5.41) is 30.9. The highest BCUT2D eigenvalue weighted by atomic mass is 79.9. The second-order valence-corrected chi connectivity index (χ2v) is 8.10. The number of aliphatic hydroxyl groups excluding tert-OH is 2. The first kappa shape index (κ1) is 23.4. The van der Waals surface area contributed by atoms with Crippen molar-refractivity contribution in [3.63, 3.8) is 0 Å². The van der Waals surface area contributed by atoms with Crippen LogP contribution >= 0.6 is 15.9 Å². The van der Waals surface area contributed by atoms with E-state index in [1.165, 1.54) is 0 Å². The summed E-state index contributed by atoms with van der Waals surface area (Å²) in [6, 6.07) is 15.0. The lowest BCUT2D eigenvalue weighted by Crippen LogP contribution is -2.33. The van der Waals surface area contributed by atoms with Crippen molar-refractivity contribution in [2.24, 2.45) is 5.92 Å². The molecule has 0 aliphatic rings. The van der Waals surface area contributed by atoms with Gasteiger partial charge in [0.15, 0.2) is 0 Å². The average molecular weight is 461 g/mol. The number of hydrogen-bond acceptors (Lipinski definition) is 4. The number of aromatic hydroxyl groups is 1. The molecule has 156 valence electrons. The Morgan fingerprint density at radius 1 is 1.14 bits per heavy atom. The molecule has 0 fully saturated rings. The fourth-order valence-corrected chi connectivity index (χ4v) is 3.48. The lowest BCUT2D eigenvalue weighted by molar-refractivity contribution is -0.0273. The summed E-state index contributed by atoms with van der Waals surface area (Å²) in [6.45, 7) is 6.25. The van der Waals surface area contributed by atoms with Gasteiger partial charge in [0, 0.05) is 16.0 Å². The Morgan fingerprint density at radius 3 is 2.55 bits per heavy atom. The second kappa shape index (κ2) is 11.9. The monoisotopic (exact) mass is 460 g/mol. The predicted molar refractivity (Wildman–Crippen MR) is 120 cm³/mol. The van der Waals surface area contributed by atoms with Crippen LogP contribution in [-0.4, -0.2) is 34.1 Å². The normalized spacial score (nSPS) is 15.0. The van der Waals surface area contributed by atoms with E-state index in [0.717, 1.165) is 21.2 Å². The van der Waals surface area contributed by atoms with Gasteiger partial charge in [0.05, 0.1) is 25.4 Å². The number of phenols is 1. The molecule has 0 heterocycles. The van der Waals surface area contributed by atoms with Gasteiger partial charge >= 0.3 is 0 Å². The molecule has 5 heteroatoms. The summed E-state index contributed by atoms with van der Waals surface area (Å²) in [5.74, 6) is -0.263. The SMILES string of the molecule is C=C[C@H]([C@H](O)CC/C(C)=C/c1cc(Br)ccc1O)[C@H](O)COCc1ccccc1. The molecule has 29 heavy (non-hydrogen) atoms. The topological polar surface area (TPSA) is 69.9 Å². The Hall–Kier alpha value is -1.92. The number of halogens is 1. The zero-order valence-electron chi connectivity index (χ0n) is 16.7. The molecule has 0 amide bonds. The Balaban J connectivity index is 1.84. The molecular weight excluding hydrogens is 432 g/mol. The van der Waals surface area contributed by atoms with Crippen molar-refractivity contribution in [1.82, 2.24) is 0 Å². The van der Waals surface area contributed by atoms with Crippen molar-refractivity contribution in [2.45, 2.75) is 38.6 Å². The van der Waals surface area contributed by atoms with Crippen molar-refractivity contribution in [2.75, 3.05) is 6.61 Å². The third-order valence-electron chi connectivity index (χ3n) is 4.79. The highest BCUT2D eigenvalue weighted by Gasteiger charge is 2.24. The van der Waals surface area contributed by atoms with Crippen molar-refractivity contribution in [3.8, 4) is 5.75 Å². The Morgan fingerprint density at radius 2 is 1.86 bits per heavy atom. The molecule has 0 saturated carbocycles. The molecule has 0 radical (unpaired) electrons. The van der Waals surface area contributed by atoms with Crippen LogP contribution in [0.15, 0.2) is 71.2 Å². The number of allylic oxidation sites excluding steroid dienone is 1. The maximum absolute atomic E-state index is 10.5. The number of aliphatic hydroxyl groups is 2. The van der Waals surface area contributed by atoms with E-state index in [4.69, 9.17) is 4.74 Å². The quantitative estimate of drug-likeness (QED) is 0.409. The van der Waals surface area contributed by atoms with E-state index in [0.29, 0.717) is 19.4 Å². The lowest BCUT2D eigenvalue weighted by atomic mass is 9.91. The minimum absolute atomic E-state index is 0.128. The van der Waals surface area contributed by atoms with Crippen molar-refractivity contribution >= 4 is 22.0 Å². The first-order valence-corrected chi connectivity index (χ1v) is 10.5. The predicted octanol–water partition coefficient (Wildman–Crippen LogP) is 5.08. The third kappa shape index (κ3) is 7.78. The van der Waals surface area contributed by atoms with Gasteiger partial charge in [0.1, 0.15) is 5.75 Å². The summed E-state index contributed by atoms with van der Waals surface area (Å²) in [4.78, 5) is 0. The molecule has 0 unspecified atom stereocenters. The minimum Gasteiger partial charge on any atom is -0.507 e. The van der Waals surface area contributed by atoms with Gasteiger partial charge < -0.3 is 20.1 Å². The third-order valence-corrected chi connectivity index (χ3v) is 5.28. The van der Waals surface area contributed by atoms with Crippen molar-refractivity contribution < 1.29 is 20.1 Å². The molecule has 0 spiro atoms. The standard InChI is InChI=1S/C24H29BrO4/c1-3-21(24(28)16-29-15-18-7-5-4-6-8-18)23(27)11-9-17(2)13-19-14-20(25)10-12-22(19)26/h3-8,10,12-14,21,23-24,26-28H,1,9,11,15-16H2,2H3/b17-13+/t21-,23-,24-/m1/s1. The van der Waals surface area contributed by atoms with Gasteiger partial charge in [0.2, 0.25) is 0 Å². The number of ether oxygens (including phenoxy) is 1. The fourth-order valence-electron chi connectivity index (χ4n) is 3.10. The van der Waals surface area contributed by atoms with Crippen LogP contribution in [0.4, 0.5) is 0 Å². The van der Waals surface area contributed by atoms with Crippen molar-refractivity contribution in [1.29, 1.82) is 0 Å². The van der Waals surface area contributed by atoms with E-state index in [9.17, 15) is 15.3 Å². The first-order chi connectivity index (χ1) is 13.9. The molecule has 0 saturated heterocycles. The number of phenolic OH excluding ortho intramolecular Hbond substituents is 1. The lowest BCUT2D eigenvalue weighted by Gasteiger charge is -2.25. The van der Waals surface area contributed by atoms with E-state index < -0.39 is 18.1 Å². The molecule has 2 aromatic rings. The van der Waals surface area contributed by atoms with Crippen LogP contribution in [0.5, 0.6) is 5.75 Å². The zero-order chi connectivity index (χ0) is 21.2. The van der Waals surface area contributed by atoms with Crippen LogP contribution in [0, 0.1) is 5.92 Å². The zero-order valence-corrected chi connectivity index (χ0v) is 18.3. The summed E-state index contributed by atoms with van der Waals surface area (Å²) in [5.41, 5.74) is 2.78. The Labute approximate surface area is 181 Å². The molecule has 2 aromatic carbocycles. The van der Waals surface area contributed by atoms with Crippen LogP contribution in [0.3, 0.4) is 0 Å². The van der Waals surface area contributed by atoms with Crippen LogP contribution < -0.4 is 0 Å². The van der Waals surface area contributed by atoms with E-state index >= 15 is 0 Å². The van der Waals surface area contributed by atoms with Gasteiger partial charge in [-0.15, -0.1) is 6.58 Å². The Bertz CT molecular complexity index is 804. The van der Waals surface area contributed by atoms with Gasteiger partial charge in [-0.3, -0.25) is 0 Å². The number of benzene rings is 2. The van der Waals surface area contributed by atoms with E-state index in [1.54, 1.807) is 18.2 Å². The van der Waals surface area contributed by atoms with Crippen molar-refractivity contribution in [3.05, 3.63) is 82.4 Å². The molecule has 0 bridgehead atoms. The molecule has 0 aliphatic heterocycles. The van der Waals surface area contributed by atoms with Crippen LogP contribution in [-0.2, 0) is 11.3 Å². The molecule has 0 aromatic heterocycles. The molecule has 2 rings (SSSR count). The van der Waals surface area contributed by atoms with Gasteiger partial charge in [-0.2, -0.15) is 0 Å². The van der Waals surface area contributed by atoms with E-state index in [2.05, 4.69) is 22.5 Å². The number of rotatable bonds is 11. The van der Waals surface area contributed by atoms with Gasteiger partial charge in [-0.05, 0) is 43.5 Å². The highest BCUT2D eigenvalue weighted by Crippen LogP contribution is 2.26. The maximum atomic E-state index is 10.5. The molecule has 3 N–H and O–H groups in total. The first-order valence-electron chi connectivity index (χ1n) is 9.66. The van der Waals surface area contributed by atoms with E-state index in [-0.39, 0.29) is 12.4 Å². The molecule has 0 aliphatic carbocycles. The number of hydrogen-bond donors (Lipinski definition) is 3. The van der Waals surface area contributed by atoms with Crippen LogP contribution in [0.2, 0.25) is 0 Å². The smallest absolute Gasteiger partial charge is 0.122 e. The van der Waals surface area contributed by atoms with Crippen LogP contribution in [0.1, 0.15) is 30.9 Å². The minimum atomic E-state index is -0.829. The molecule has 3 atom stereocenters. The average Bonchev–Trinajstić information content (AvgIpc) is 2.70. The van der Waals surface area contributed by atoms with Gasteiger partial charge in [-0.1, -0.05) is 64.0 Å². The van der Waals surface area contributed by atoms with Gasteiger partial charge in [0.25, 0.3) is 0 Å². The summed E-state index contributed by atoms with van der Waals surface area (Å²) < 4.78 is 6.48. The molecular formula is C24H29BrO4. The molecule has 4 nitrogen and oxygen atoms in total.